The van der Waals surface area contributed by atoms with Gasteiger partial charge in [0.1, 0.15) is 0 Å². The third-order valence-corrected chi connectivity index (χ3v) is 3.91. The molecule has 0 saturated heterocycles. The van der Waals surface area contributed by atoms with Gasteiger partial charge in [-0.15, -0.1) is 0 Å². The van der Waals surface area contributed by atoms with Crippen LogP contribution in [-0.4, -0.2) is 13.4 Å². The molecule has 0 aromatic heterocycles. The Morgan fingerprint density at radius 3 is 1.52 bits per heavy atom. The quantitative estimate of drug-likeness (QED) is 0.159. The van der Waals surface area contributed by atoms with E-state index in [1.807, 2.05) is 0 Å². The molecule has 21 heavy (non-hydrogen) atoms. The molecule has 0 bridgehead atoms. The lowest BCUT2D eigenvalue weighted by atomic mass is 9.99. The van der Waals surface area contributed by atoms with Crippen molar-refractivity contribution in [3.63, 3.8) is 0 Å². The summed E-state index contributed by atoms with van der Waals surface area (Å²) in [6.07, 6.45) is 17.4. The van der Waals surface area contributed by atoms with Gasteiger partial charge in [-0.25, -0.2) is 0 Å². The molecule has 6 heteroatoms. The molecule has 0 rings (SSSR count). The molecule has 130 valence electrons. The standard InChI is InChI=1S/C15H33P.BF4/c1-3-4-5-6-7-8-9-10-11-12-15(2)13-14-16;2-1(3,4)5/h15H,3-14,16H2,1-2H3;/q;-1/p+1. The van der Waals surface area contributed by atoms with Gasteiger partial charge in [-0.05, 0) is 21.6 Å². The fourth-order valence-corrected chi connectivity index (χ4v) is 2.99. The molecule has 0 aromatic rings. The van der Waals surface area contributed by atoms with Crippen molar-refractivity contribution in [3.05, 3.63) is 0 Å². The number of hydrogen-bond donors (Lipinski definition) is 0. The first-order valence-corrected chi connectivity index (χ1v) is 9.47. The Morgan fingerprint density at radius 2 is 1.14 bits per heavy atom. The van der Waals surface area contributed by atoms with Crippen LogP contribution in [0.3, 0.4) is 0 Å². The van der Waals surface area contributed by atoms with Crippen molar-refractivity contribution in [2.24, 2.45) is 5.92 Å². The molecule has 2 unspecified atom stereocenters. The summed E-state index contributed by atoms with van der Waals surface area (Å²) in [5.74, 6) is 0.974. The van der Waals surface area contributed by atoms with Crippen LogP contribution in [0.1, 0.15) is 84.5 Å². The molecule has 0 spiro atoms. The van der Waals surface area contributed by atoms with Crippen molar-refractivity contribution < 1.29 is 17.3 Å². The topological polar surface area (TPSA) is 0 Å². The molecular weight excluding hydrogens is 298 g/mol. The smallest absolute Gasteiger partial charge is 0.418 e. The molecule has 0 radical (unpaired) electrons. The van der Waals surface area contributed by atoms with Gasteiger partial charge in [0.25, 0.3) is 0 Å². The first kappa shape index (κ1) is 23.5. The lowest BCUT2D eigenvalue weighted by molar-refractivity contribution is 0.368. The monoisotopic (exact) mass is 332 g/mol. The van der Waals surface area contributed by atoms with Gasteiger partial charge in [0.05, 0.1) is 6.16 Å². The molecule has 0 saturated carbocycles. The molecule has 0 heterocycles. The lowest BCUT2D eigenvalue weighted by Gasteiger charge is -2.08. The summed E-state index contributed by atoms with van der Waals surface area (Å²) in [5.41, 5.74) is 0. The Morgan fingerprint density at radius 1 is 0.762 bits per heavy atom. The molecular formula is C15H34BF4P. The van der Waals surface area contributed by atoms with Crippen LogP contribution >= 0.6 is 9.24 Å². The maximum atomic E-state index is 9.75. The van der Waals surface area contributed by atoms with Gasteiger partial charge in [0.2, 0.25) is 0 Å². The molecule has 0 amide bonds. The average molecular weight is 332 g/mol. The van der Waals surface area contributed by atoms with Crippen LogP contribution in [-0.2, 0) is 0 Å². The van der Waals surface area contributed by atoms with E-state index in [-0.39, 0.29) is 0 Å². The SMILES string of the molecule is CCCCCCCCCCCC(C)CC[PH3+].F[B-](F)(F)F. The van der Waals surface area contributed by atoms with Crippen molar-refractivity contribution in [2.45, 2.75) is 84.5 Å². The van der Waals surface area contributed by atoms with E-state index in [1.165, 1.54) is 76.8 Å². The van der Waals surface area contributed by atoms with Gasteiger partial charge in [0, 0.05) is 0 Å². The van der Waals surface area contributed by atoms with Crippen LogP contribution in [0.2, 0.25) is 0 Å². The Labute approximate surface area is 131 Å². The highest BCUT2D eigenvalue weighted by molar-refractivity contribution is 7.16. The minimum absolute atomic E-state index is 0.974. The van der Waals surface area contributed by atoms with Gasteiger partial charge >= 0.3 is 7.25 Å². The Bertz CT molecular complexity index is 195. The zero-order valence-electron chi connectivity index (χ0n) is 13.9. The van der Waals surface area contributed by atoms with Gasteiger partial charge in [0.15, 0.2) is 0 Å². The summed E-state index contributed by atoms with van der Waals surface area (Å²) in [6.45, 7) is 4.71. The van der Waals surface area contributed by atoms with Crippen LogP contribution in [0.4, 0.5) is 17.3 Å². The molecule has 0 aliphatic rings. The zero-order chi connectivity index (χ0) is 16.6. The Kier molecular flexibility index (Phi) is 18.5. The van der Waals surface area contributed by atoms with Crippen LogP contribution in [0.15, 0.2) is 0 Å². The third kappa shape index (κ3) is 33.2. The minimum atomic E-state index is -6.00. The first-order valence-electron chi connectivity index (χ1n) is 8.47. The number of unbranched alkanes of at least 4 members (excludes halogenated alkanes) is 8. The fraction of sp³-hybridized carbons (Fsp3) is 1.00. The summed E-state index contributed by atoms with van der Waals surface area (Å²) in [7, 11) is -3.88. The molecule has 0 nitrogen and oxygen atoms in total. The van der Waals surface area contributed by atoms with E-state index in [0.717, 1.165) is 5.92 Å². The lowest BCUT2D eigenvalue weighted by Crippen LogP contribution is -2.02. The van der Waals surface area contributed by atoms with Crippen molar-refractivity contribution >= 4 is 16.5 Å². The summed E-state index contributed by atoms with van der Waals surface area (Å²) in [6, 6.07) is 0. The predicted octanol–water partition coefficient (Wildman–Crippen LogP) is 6.84. The average Bonchev–Trinajstić information content (AvgIpc) is 2.35. The predicted molar refractivity (Wildman–Crippen MR) is 91.8 cm³/mol. The maximum Gasteiger partial charge on any atom is 0.673 e. The van der Waals surface area contributed by atoms with Crippen molar-refractivity contribution in [3.8, 4) is 0 Å². The van der Waals surface area contributed by atoms with E-state index in [1.54, 1.807) is 0 Å². The first-order chi connectivity index (χ1) is 9.81. The van der Waals surface area contributed by atoms with Crippen molar-refractivity contribution in [2.75, 3.05) is 6.16 Å². The van der Waals surface area contributed by atoms with Gasteiger partial charge in [-0.2, -0.15) is 0 Å². The Hall–Kier alpha value is 0.215. The number of rotatable bonds is 12. The maximum absolute atomic E-state index is 9.75. The highest BCUT2D eigenvalue weighted by Crippen LogP contribution is 2.16. The molecule has 0 fully saturated rings. The van der Waals surface area contributed by atoms with E-state index < -0.39 is 7.25 Å². The summed E-state index contributed by atoms with van der Waals surface area (Å²) in [4.78, 5) is 0. The summed E-state index contributed by atoms with van der Waals surface area (Å²) < 4.78 is 39.0. The molecule has 0 N–H and O–H groups in total. The van der Waals surface area contributed by atoms with Gasteiger partial charge in [-0.1, -0.05) is 78.1 Å². The highest BCUT2D eigenvalue weighted by Gasteiger charge is 2.20. The molecule has 0 aromatic carbocycles. The van der Waals surface area contributed by atoms with Crippen LogP contribution in [0.5, 0.6) is 0 Å². The largest absolute Gasteiger partial charge is 0.673 e. The summed E-state index contributed by atoms with van der Waals surface area (Å²) in [5, 5.41) is 0. The molecule has 0 aliphatic carbocycles. The molecule has 0 aliphatic heterocycles. The number of hydrogen-bond acceptors (Lipinski definition) is 0. The van der Waals surface area contributed by atoms with E-state index in [4.69, 9.17) is 0 Å². The van der Waals surface area contributed by atoms with Crippen molar-refractivity contribution in [1.82, 2.24) is 0 Å². The van der Waals surface area contributed by atoms with Crippen molar-refractivity contribution in [1.29, 1.82) is 0 Å². The second-order valence-corrected chi connectivity index (χ2v) is 6.57. The van der Waals surface area contributed by atoms with E-state index in [0.29, 0.717) is 0 Å². The van der Waals surface area contributed by atoms with E-state index >= 15 is 0 Å². The highest BCUT2D eigenvalue weighted by atomic mass is 31.0. The van der Waals surface area contributed by atoms with Crippen LogP contribution in [0, 0.1) is 5.92 Å². The third-order valence-electron chi connectivity index (χ3n) is 3.50. The summed E-state index contributed by atoms with van der Waals surface area (Å²) >= 11 is 0. The normalized spacial score (nSPS) is 12.9. The minimum Gasteiger partial charge on any atom is -0.418 e. The second kappa shape index (κ2) is 16.6. The number of halogens is 4. The molecule has 2 atom stereocenters. The van der Waals surface area contributed by atoms with Crippen LogP contribution in [0.25, 0.3) is 0 Å². The fourth-order valence-electron chi connectivity index (χ4n) is 2.30. The van der Waals surface area contributed by atoms with Gasteiger partial charge in [-0.3, -0.25) is 0 Å². The van der Waals surface area contributed by atoms with E-state index in [9.17, 15) is 17.3 Å². The zero-order valence-corrected chi connectivity index (χ0v) is 15.3. The van der Waals surface area contributed by atoms with Crippen LogP contribution < -0.4 is 0 Å². The Balaban J connectivity index is 0. The van der Waals surface area contributed by atoms with Gasteiger partial charge < -0.3 is 17.3 Å². The van der Waals surface area contributed by atoms with E-state index in [2.05, 4.69) is 23.1 Å². The second-order valence-electron chi connectivity index (χ2n) is 5.86.